The van der Waals surface area contributed by atoms with Gasteiger partial charge in [0.25, 0.3) is 5.91 Å². The van der Waals surface area contributed by atoms with E-state index in [0.717, 1.165) is 47.5 Å². The number of nitrogens with zero attached hydrogens (tertiary/aromatic N) is 5. The van der Waals surface area contributed by atoms with Crippen LogP contribution in [-0.2, 0) is 6.42 Å². The second kappa shape index (κ2) is 6.26. The summed E-state index contributed by atoms with van der Waals surface area (Å²) >= 11 is 1.79. The highest BCUT2D eigenvalue weighted by molar-refractivity contribution is 7.19. The number of likely N-dealkylation sites (tertiary alicyclic amines) is 1. The van der Waals surface area contributed by atoms with E-state index in [2.05, 4.69) is 18.9 Å². The fraction of sp³-hybridized carbons (Fsp3) is 0.600. The van der Waals surface area contributed by atoms with Crippen LogP contribution < -0.4 is 0 Å². The molecule has 1 fully saturated rings. The maximum atomic E-state index is 13.1. The molecule has 3 aromatic heterocycles. The fourth-order valence-electron chi connectivity index (χ4n) is 4.70. The van der Waals surface area contributed by atoms with Gasteiger partial charge in [-0.05, 0) is 63.9 Å². The molecule has 0 N–H and O–H groups in total. The molecule has 7 heteroatoms. The molecule has 0 bridgehead atoms. The molecule has 2 atom stereocenters. The third kappa shape index (κ3) is 2.58. The molecule has 1 aliphatic carbocycles. The zero-order chi connectivity index (χ0) is 18.7. The number of aromatic nitrogens is 4. The summed E-state index contributed by atoms with van der Waals surface area (Å²) in [4.78, 5) is 27.0. The molecule has 27 heavy (non-hydrogen) atoms. The molecule has 0 saturated carbocycles. The summed E-state index contributed by atoms with van der Waals surface area (Å²) in [6, 6.07) is 0.256. The van der Waals surface area contributed by atoms with Gasteiger partial charge in [-0.25, -0.2) is 9.97 Å². The van der Waals surface area contributed by atoms with Crippen molar-refractivity contribution in [1.82, 2.24) is 24.5 Å². The average molecular weight is 384 g/mol. The lowest BCUT2D eigenvalue weighted by Crippen LogP contribution is -2.42. The lowest BCUT2D eigenvalue weighted by molar-refractivity contribution is 0.0623. The van der Waals surface area contributed by atoms with Gasteiger partial charge in [0.15, 0.2) is 5.65 Å². The largest absolute Gasteiger partial charge is 0.333 e. The summed E-state index contributed by atoms with van der Waals surface area (Å²) in [5.41, 5.74) is 2.19. The Bertz CT molecular complexity index is 1050. The van der Waals surface area contributed by atoms with E-state index < -0.39 is 0 Å². The molecule has 6 nitrogen and oxygen atoms in total. The summed E-state index contributed by atoms with van der Waals surface area (Å²) < 4.78 is 1.78. The van der Waals surface area contributed by atoms with E-state index in [1.54, 1.807) is 15.9 Å². The van der Waals surface area contributed by atoms with Gasteiger partial charge in [0.1, 0.15) is 10.7 Å². The topological polar surface area (TPSA) is 63.4 Å². The highest BCUT2D eigenvalue weighted by Gasteiger charge is 2.30. The van der Waals surface area contributed by atoms with Gasteiger partial charge in [-0.2, -0.15) is 4.52 Å². The van der Waals surface area contributed by atoms with E-state index >= 15 is 0 Å². The van der Waals surface area contributed by atoms with Gasteiger partial charge in [-0.3, -0.25) is 4.79 Å². The number of carbonyl (C=O) groups is 1. The normalized spacial score (nSPS) is 23.1. The maximum absolute atomic E-state index is 13.1. The molecule has 1 aliphatic heterocycles. The number of piperidine rings is 1. The number of aryl methyl sites for hydroxylation is 2. The van der Waals surface area contributed by atoms with Crippen LogP contribution in [-0.4, -0.2) is 43.0 Å². The highest BCUT2D eigenvalue weighted by atomic mass is 32.1. The van der Waals surface area contributed by atoms with Crippen molar-refractivity contribution in [3.8, 4) is 0 Å². The molecule has 4 heterocycles. The van der Waals surface area contributed by atoms with Crippen molar-refractivity contribution in [2.45, 2.75) is 71.3 Å². The Morgan fingerprint density at radius 2 is 2.00 bits per heavy atom. The van der Waals surface area contributed by atoms with E-state index in [0.29, 0.717) is 11.7 Å². The molecule has 0 aromatic carbocycles. The molecule has 3 aromatic rings. The van der Waals surface area contributed by atoms with Gasteiger partial charge in [0.2, 0.25) is 5.82 Å². The van der Waals surface area contributed by atoms with Crippen LogP contribution in [0.3, 0.4) is 0 Å². The Morgan fingerprint density at radius 1 is 1.15 bits per heavy atom. The van der Waals surface area contributed by atoms with Crippen molar-refractivity contribution in [2.24, 2.45) is 0 Å². The van der Waals surface area contributed by atoms with Gasteiger partial charge < -0.3 is 4.90 Å². The molecule has 2 aliphatic rings. The third-order valence-corrected chi connectivity index (χ3v) is 7.35. The van der Waals surface area contributed by atoms with E-state index in [-0.39, 0.29) is 11.9 Å². The van der Waals surface area contributed by atoms with Crippen molar-refractivity contribution < 1.29 is 4.79 Å². The maximum Gasteiger partial charge on any atom is 0.293 e. The minimum Gasteiger partial charge on any atom is -0.333 e. The first kappa shape index (κ1) is 17.1. The monoisotopic (exact) mass is 383 g/mol. The number of hydrogen-bond donors (Lipinski definition) is 0. The van der Waals surface area contributed by atoms with Crippen molar-refractivity contribution >= 4 is 33.1 Å². The molecule has 0 spiro atoms. The minimum atomic E-state index is -0.0457. The number of amides is 1. The Hall–Kier alpha value is -2.02. The van der Waals surface area contributed by atoms with Crippen LogP contribution in [0.1, 0.15) is 78.8 Å². The van der Waals surface area contributed by atoms with Crippen molar-refractivity contribution in [3.05, 3.63) is 22.1 Å². The van der Waals surface area contributed by atoms with Gasteiger partial charge in [-0.15, -0.1) is 16.4 Å². The molecule has 0 unspecified atom stereocenters. The Kier molecular flexibility index (Phi) is 3.96. The standard InChI is InChI=1S/C20H25N5OS/c1-11-7-6-9-14-15(11)16-18-22-17(20(26)24-10-5-4-8-12(24)2)23-25(18)13(3)21-19(16)27-14/h11-12H,4-10H2,1-3H3/t11-,12-/m1/s1. The first-order valence-electron chi connectivity index (χ1n) is 10.0. The lowest BCUT2D eigenvalue weighted by Gasteiger charge is -2.32. The number of rotatable bonds is 1. The van der Waals surface area contributed by atoms with E-state index in [1.165, 1.54) is 29.7 Å². The smallest absolute Gasteiger partial charge is 0.293 e. The van der Waals surface area contributed by atoms with Crippen LogP contribution in [0.15, 0.2) is 0 Å². The molecule has 1 saturated heterocycles. The van der Waals surface area contributed by atoms with Gasteiger partial charge in [-0.1, -0.05) is 6.92 Å². The van der Waals surface area contributed by atoms with E-state index in [1.807, 2.05) is 11.8 Å². The second-order valence-corrected chi connectivity index (χ2v) is 9.17. The quantitative estimate of drug-likeness (QED) is 0.635. The Morgan fingerprint density at radius 3 is 2.81 bits per heavy atom. The van der Waals surface area contributed by atoms with Gasteiger partial charge >= 0.3 is 0 Å². The SMILES string of the molecule is Cc1nc2sc3c(c2c2nc(C(=O)N4CCCC[C@H]4C)nn12)[C@H](C)CCC3. The number of carbonyl (C=O) groups excluding carboxylic acids is 1. The third-order valence-electron chi connectivity index (χ3n) is 6.19. The summed E-state index contributed by atoms with van der Waals surface area (Å²) in [6.45, 7) is 7.15. The van der Waals surface area contributed by atoms with Crippen molar-refractivity contribution in [1.29, 1.82) is 0 Å². The number of thiophene rings is 1. The first-order chi connectivity index (χ1) is 13.0. The van der Waals surface area contributed by atoms with Crippen molar-refractivity contribution in [3.63, 3.8) is 0 Å². The minimum absolute atomic E-state index is 0.0457. The highest BCUT2D eigenvalue weighted by Crippen LogP contribution is 2.42. The average Bonchev–Trinajstić information content (AvgIpc) is 3.24. The Balaban J connectivity index is 1.68. The van der Waals surface area contributed by atoms with E-state index in [9.17, 15) is 4.79 Å². The predicted molar refractivity (Wildman–Crippen MR) is 107 cm³/mol. The summed E-state index contributed by atoms with van der Waals surface area (Å²) in [5, 5.41) is 5.70. The second-order valence-electron chi connectivity index (χ2n) is 8.09. The summed E-state index contributed by atoms with van der Waals surface area (Å²) in [7, 11) is 0. The molecular weight excluding hydrogens is 358 g/mol. The van der Waals surface area contributed by atoms with Crippen LogP contribution in [0.25, 0.3) is 15.9 Å². The number of hydrogen-bond acceptors (Lipinski definition) is 5. The van der Waals surface area contributed by atoms with Gasteiger partial charge in [0, 0.05) is 17.5 Å². The molecule has 142 valence electrons. The van der Waals surface area contributed by atoms with Crippen LogP contribution >= 0.6 is 11.3 Å². The fourth-order valence-corrected chi connectivity index (χ4v) is 6.08. The van der Waals surface area contributed by atoms with Crippen LogP contribution in [0.4, 0.5) is 0 Å². The molecule has 0 radical (unpaired) electrons. The zero-order valence-corrected chi connectivity index (χ0v) is 17.0. The lowest BCUT2D eigenvalue weighted by atomic mass is 9.87. The van der Waals surface area contributed by atoms with Crippen molar-refractivity contribution in [2.75, 3.05) is 6.54 Å². The predicted octanol–water partition coefficient (Wildman–Crippen LogP) is 4.10. The first-order valence-corrected chi connectivity index (χ1v) is 10.9. The van der Waals surface area contributed by atoms with Crippen LogP contribution in [0.2, 0.25) is 0 Å². The Labute approximate surface area is 162 Å². The van der Waals surface area contributed by atoms with Crippen LogP contribution in [0, 0.1) is 6.92 Å². The molecule has 1 amide bonds. The zero-order valence-electron chi connectivity index (χ0n) is 16.2. The summed E-state index contributed by atoms with van der Waals surface area (Å²) in [6.07, 6.45) is 6.86. The number of fused-ring (bicyclic) bond motifs is 5. The summed E-state index contributed by atoms with van der Waals surface area (Å²) in [5.74, 6) is 1.57. The van der Waals surface area contributed by atoms with Crippen LogP contribution in [0.5, 0.6) is 0 Å². The van der Waals surface area contributed by atoms with Gasteiger partial charge in [0.05, 0.1) is 5.39 Å². The van der Waals surface area contributed by atoms with E-state index in [4.69, 9.17) is 9.97 Å². The molecular formula is C20H25N5OS. The molecule has 5 rings (SSSR count).